The Morgan fingerprint density at radius 1 is 0.739 bits per heavy atom. The van der Waals surface area contributed by atoms with Gasteiger partial charge in [0, 0.05) is 5.69 Å². The van der Waals surface area contributed by atoms with Crippen LogP contribution in [-0.2, 0) is 9.59 Å². The molecule has 0 saturated carbocycles. The topological polar surface area (TPSA) is 58.2 Å². The van der Waals surface area contributed by atoms with E-state index < -0.39 is 11.8 Å². The predicted molar refractivity (Wildman–Crippen MR) is 92.7 cm³/mol. The quantitative estimate of drug-likeness (QED) is 0.698. The maximum atomic E-state index is 12.0. The zero-order chi connectivity index (χ0) is 16.2. The van der Waals surface area contributed by atoms with E-state index in [4.69, 9.17) is 11.6 Å². The number of benzene rings is 3. The van der Waals surface area contributed by atoms with Crippen molar-refractivity contribution in [2.75, 3.05) is 10.6 Å². The molecule has 0 aliphatic heterocycles. The molecule has 0 heterocycles. The molecule has 3 rings (SSSR count). The fraction of sp³-hybridized carbons (Fsp3) is 0. The van der Waals surface area contributed by atoms with Gasteiger partial charge in [0.1, 0.15) is 0 Å². The zero-order valence-electron chi connectivity index (χ0n) is 12.0. The second-order valence-electron chi connectivity index (χ2n) is 4.95. The molecule has 0 aliphatic rings. The number of nitrogens with one attached hydrogen (secondary N) is 2. The first-order chi connectivity index (χ1) is 11.1. The number of rotatable bonds is 2. The van der Waals surface area contributed by atoms with Crippen LogP contribution in [-0.4, -0.2) is 11.8 Å². The number of hydrogen-bond acceptors (Lipinski definition) is 2. The molecular weight excluding hydrogens is 312 g/mol. The highest BCUT2D eigenvalue weighted by Gasteiger charge is 2.15. The number of para-hydroxylation sites is 1. The van der Waals surface area contributed by atoms with Crippen molar-refractivity contribution in [2.45, 2.75) is 0 Å². The van der Waals surface area contributed by atoms with Gasteiger partial charge in [-0.3, -0.25) is 9.59 Å². The summed E-state index contributed by atoms with van der Waals surface area (Å²) in [6.45, 7) is 0. The molecule has 2 amide bonds. The van der Waals surface area contributed by atoms with Crippen molar-refractivity contribution in [1.82, 2.24) is 0 Å². The fourth-order valence-corrected chi connectivity index (χ4v) is 2.38. The van der Waals surface area contributed by atoms with Crippen LogP contribution in [0.5, 0.6) is 0 Å². The molecule has 5 heteroatoms. The van der Waals surface area contributed by atoms with Crippen molar-refractivity contribution in [1.29, 1.82) is 0 Å². The van der Waals surface area contributed by atoms with Gasteiger partial charge in [-0.15, -0.1) is 0 Å². The SMILES string of the molecule is O=C(Nc1ccc2ccccc2c1)C(=O)Nc1ccccc1Cl. The van der Waals surface area contributed by atoms with Gasteiger partial charge < -0.3 is 10.6 Å². The molecule has 0 saturated heterocycles. The molecule has 0 spiro atoms. The van der Waals surface area contributed by atoms with Crippen molar-refractivity contribution < 1.29 is 9.59 Å². The molecule has 114 valence electrons. The zero-order valence-corrected chi connectivity index (χ0v) is 12.8. The first-order valence-corrected chi connectivity index (χ1v) is 7.37. The number of fused-ring (bicyclic) bond motifs is 1. The second kappa shape index (κ2) is 6.50. The number of anilines is 2. The number of carbonyl (C=O) groups is 2. The molecular formula is C18H13ClN2O2. The van der Waals surface area contributed by atoms with E-state index in [0.717, 1.165) is 10.8 Å². The fourth-order valence-electron chi connectivity index (χ4n) is 2.20. The van der Waals surface area contributed by atoms with Crippen molar-refractivity contribution in [3.63, 3.8) is 0 Å². The Bertz CT molecular complexity index is 893. The van der Waals surface area contributed by atoms with Crippen molar-refractivity contribution >= 4 is 45.6 Å². The van der Waals surface area contributed by atoms with E-state index in [0.29, 0.717) is 16.4 Å². The van der Waals surface area contributed by atoms with Crippen molar-refractivity contribution in [3.8, 4) is 0 Å². The van der Waals surface area contributed by atoms with Crippen LogP contribution >= 0.6 is 11.6 Å². The van der Waals surface area contributed by atoms with Gasteiger partial charge in [0.25, 0.3) is 0 Å². The summed E-state index contributed by atoms with van der Waals surface area (Å²) in [5, 5.41) is 7.48. The Morgan fingerprint density at radius 3 is 2.17 bits per heavy atom. The molecule has 3 aromatic rings. The molecule has 3 aromatic carbocycles. The number of halogens is 1. The van der Waals surface area contributed by atoms with E-state index >= 15 is 0 Å². The predicted octanol–water partition coefficient (Wildman–Crippen LogP) is 4.07. The minimum Gasteiger partial charge on any atom is -0.318 e. The Kier molecular flexibility index (Phi) is 4.26. The molecule has 0 unspecified atom stereocenters. The Hall–Kier alpha value is -2.85. The van der Waals surface area contributed by atoms with E-state index in [-0.39, 0.29) is 0 Å². The highest BCUT2D eigenvalue weighted by atomic mass is 35.5. The summed E-state index contributed by atoms with van der Waals surface area (Å²) >= 11 is 5.95. The Balaban J connectivity index is 1.72. The number of hydrogen-bond donors (Lipinski definition) is 2. The maximum Gasteiger partial charge on any atom is 0.314 e. The largest absolute Gasteiger partial charge is 0.318 e. The minimum absolute atomic E-state index is 0.374. The molecule has 0 aliphatic carbocycles. The third-order valence-corrected chi connectivity index (χ3v) is 3.67. The van der Waals surface area contributed by atoms with Crippen molar-refractivity contribution in [3.05, 3.63) is 71.8 Å². The first kappa shape index (κ1) is 15.1. The van der Waals surface area contributed by atoms with Crippen LogP contribution < -0.4 is 10.6 Å². The van der Waals surface area contributed by atoms with Crippen LogP contribution in [0.2, 0.25) is 5.02 Å². The normalized spacial score (nSPS) is 10.3. The maximum absolute atomic E-state index is 12.0. The van der Waals surface area contributed by atoms with Gasteiger partial charge in [0.05, 0.1) is 10.7 Å². The van der Waals surface area contributed by atoms with Crippen LogP contribution in [0.3, 0.4) is 0 Å². The minimum atomic E-state index is -0.772. The van der Waals surface area contributed by atoms with Gasteiger partial charge in [-0.1, -0.05) is 54.1 Å². The van der Waals surface area contributed by atoms with E-state index in [2.05, 4.69) is 10.6 Å². The highest BCUT2D eigenvalue weighted by molar-refractivity contribution is 6.44. The summed E-state index contributed by atoms with van der Waals surface area (Å²) < 4.78 is 0. The summed E-state index contributed by atoms with van der Waals surface area (Å²) in [4.78, 5) is 23.9. The van der Waals surface area contributed by atoms with Crippen LogP contribution in [0.15, 0.2) is 66.7 Å². The second-order valence-corrected chi connectivity index (χ2v) is 5.36. The van der Waals surface area contributed by atoms with Crippen molar-refractivity contribution in [2.24, 2.45) is 0 Å². The van der Waals surface area contributed by atoms with E-state index in [1.807, 2.05) is 36.4 Å². The summed E-state index contributed by atoms with van der Waals surface area (Å²) in [5.41, 5.74) is 0.954. The lowest BCUT2D eigenvalue weighted by molar-refractivity contribution is -0.132. The van der Waals surface area contributed by atoms with Crippen LogP contribution in [0.1, 0.15) is 0 Å². The average molecular weight is 325 g/mol. The molecule has 0 aromatic heterocycles. The molecule has 0 bridgehead atoms. The first-order valence-electron chi connectivity index (χ1n) is 6.99. The van der Waals surface area contributed by atoms with Crippen LogP contribution in [0.25, 0.3) is 10.8 Å². The lowest BCUT2D eigenvalue weighted by atomic mass is 10.1. The Labute approximate surface area is 138 Å². The molecule has 0 radical (unpaired) electrons. The highest BCUT2D eigenvalue weighted by Crippen LogP contribution is 2.21. The molecule has 0 atom stereocenters. The summed E-state index contributed by atoms with van der Waals surface area (Å²) in [7, 11) is 0. The summed E-state index contributed by atoms with van der Waals surface area (Å²) in [6, 6.07) is 20.0. The summed E-state index contributed by atoms with van der Waals surface area (Å²) in [5.74, 6) is -1.52. The Morgan fingerprint density at radius 2 is 1.39 bits per heavy atom. The van der Waals surface area contributed by atoms with Gasteiger partial charge in [-0.25, -0.2) is 0 Å². The van der Waals surface area contributed by atoms with Crippen LogP contribution in [0.4, 0.5) is 11.4 Å². The van der Waals surface area contributed by atoms with Gasteiger partial charge in [0.15, 0.2) is 0 Å². The van der Waals surface area contributed by atoms with Gasteiger partial charge in [-0.05, 0) is 35.0 Å². The molecule has 0 fully saturated rings. The molecule has 23 heavy (non-hydrogen) atoms. The third kappa shape index (κ3) is 3.49. The lowest BCUT2D eigenvalue weighted by Gasteiger charge is -2.08. The van der Waals surface area contributed by atoms with E-state index in [1.165, 1.54) is 0 Å². The summed E-state index contributed by atoms with van der Waals surface area (Å²) in [6.07, 6.45) is 0. The number of carbonyl (C=O) groups excluding carboxylic acids is 2. The van der Waals surface area contributed by atoms with E-state index in [9.17, 15) is 9.59 Å². The lowest BCUT2D eigenvalue weighted by Crippen LogP contribution is -2.29. The third-order valence-electron chi connectivity index (χ3n) is 3.34. The monoisotopic (exact) mass is 324 g/mol. The number of amides is 2. The van der Waals surface area contributed by atoms with Gasteiger partial charge in [-0.2, -0.15) is 0 Å². The molecule has 4 nitrogen and oxygen atoms in total. The average Bonchev–Trinajstić information content (AvgIpc) is 2.56. The smallest absolute Gasteiger partial charge is 0.314 e. The van der Waals surface area contributed by atoms with Gasteiger partial charge in [0.2, 0.25) is 0 Å². The molecule has 2 N–H and O–H groups in total. The van der Waals surface area contributed by atoms with E-state index in [1.54, 1.807) is 30.3 Å². The standard InChI is InChI=1S/C18H13ClN2O2/c19-15-7-3-4-8-16(15)21-18(23)17(22)20-14-10-9-12-5-1-2-6-13(12)11-14/h1-11H,(H,20,22)(H,21,23). The van der Waals surface area contributed by atoms with Crippen LogP contribution in [0, 0.1) is 0 Å². The van der Waals surface area contributed by atoms with Gasteiger partial charge >= 0.3 is 11.8 Å².